The second-order valence-electron chi connectivity index (χ2n) is 4.34. The van der Waals surface area contributed by atoms with E-state index in [4.69, 9.17) is 16.3 Å². The van der Waals surface area contributed by atoms with Crippen molar-refractivity contribution in [3.05, 3.63) is 17.4 Å². The number of carbonyl (C=O) groups excluding carboxylic acids is 1. The summed E-state index contributed by atoms with van der Waals surface area (Å²) in [4.78, 5) is 12.0. The number of halogens is 1. The van der Waals surface area contributed by atoms with Gasteiger partial charge in [0.05, 0.1) is 24.9 Å². The van der Waals surface area contributed by atoms with Gasteiger partial charge in [-0.3, -0.25) is 4.68 Å². The molecule has 1 unspecified atom stereocenters. The Kier molecular flexibility index (Phi) is 3.40. The molecule has 6 heteroatoms. The van der Waals surface area contributed by atoms with Crippen molar-refractivity contribution in [2.24, 2.45) is 5.92 Å². The van der Waals surface area contributed by atoms with E-state index in [1.807, 2.05) is 0 Å². The molecule has 1 heterocycles. The minimum atomic E-state index is -0.690. The summed E-state index contributed by atoms with van der Waals surface area (Å²) in [7, 11) is 3.19. The van der Waals surface area contributed by atoms with Crippen LogP contribution < -0.4 is 5.32 Å². The van der Waals surface area contributed by atoms with Crippen LogP contribution in [0.25, 0.3) is 0 Å². The molecule has 1 saturated carbocycles. The van der Waals surface area contributed by atoms with Crippen molar-refractivity contribution in [2.75, 3.05) is 14.2 Å². The molecule has 1 aliphatic rings. The van der Waals surface area contributed by atoms with Crippen LogP contribution in [-0.4, -0.2) is 35.4 Å². The summed E-state index contributed by atoms with van der Waals surface area (Å²) in [5, 5.41) is 7.79. The van der Waals surface area contributed by atoms with Crippen LogP contribution in [0.2, 0.25) is 5.02 Å². The van der Waals surface area contributed by atoms with Gasteiger partial charge < -0.3 is 10.1 Å². The number of esters is 1. The number of aromatic nitrogens is 2. The zero-order valence-electron chi connectivity index (χ0n) is 9.94. The summed E-state index contributed by atoms with van der Waals surface area (Å²) in [5.41, 5.74) is -0.690. The molecule has 1 aromatic rings. The van der Waals surface area contributed by atoms with E-state index in [2.05, 4.69) is 10.4 Å². The number of hydrogen-bond acceptors (Lipinski definition) is 4. The molecule has 0 aromatic carbocycles. The lowest BCUT2D eigenvalue weighted by atomic mass is 9.93. The number of rotatable bonds is 5. The standard InChI is InChI=1S/C11H16ClN3O2/c1-13-11(8-3-4-8,10(16)17-2)7-15-6-9(12)5-14-15/h5-6,8,13H,3-4,7H2,1-2H3. The molecule has 17 heavy (non-hydrogen) atoms. The van der Waals surface area contributed by atoms with E-state index in [0.29, 0.717) is 17.5 Å². The fourth-order valence-corrected chi connectivity index (χ4v) is 2.34. The third kappa shape index (κ3) is 2.30. The third-order valence-electron chi connectivity index (χ3n) is 3.28. The highest BCUT2D eigenvalue weighted by molar-refractivity contribution is 6.30. The smallest absolute Gasteiger partial charge is 0.328 e. The zero-order chi connectivity index (χ0) is 12.5. The average Bonchev–Trinajstić information content (AvgIpc) is 3.10. The van der Waals surface area contributed by atoms with E-state index in [9.17, 15) is 4.79 Å². The van der Waals surface area contributed by atoms with Crippen molar-refractivity contribution >= 4 is 17.6 Å². The van der Waals surface area contributed by atoms with Gasteiger partial charge in [0.1, 0.15) is 5.54 Å². The van der Waals surface area contributed by atoms with Gasteiger partial charge in [0.2, 0.25) is 0 Å². The van der Waals surface area contributed by atoms with Crippen molar-refractivity contribution in [3.8, 4) is 0 Å². The Bertz CT molecular complexity index is 417. The predicted molar refractivity (Wildman–Crippen MR) is 63.8 cm³/mol. The molecule has 0 amide bonds. The largest absolute Gasteiger partial charge is 0.468 e. The van der Waals surface area contributed by atoms with E-state index in [1.165, 1.54) is 7.11 Å². The zero-order valence-corrected chi connectivity index (χ0v) is 10.7. The maximum Gasteiger partial charge on any atom is 0.328 e. The van der Waals surface area contributed by atoms with Gasteiger partial charge in [0.15, 0.2) is 0 Å². The molecule has 94 valence electrons. The summed E-state index contributed by atoms with van der Waals surface area (Å²) in [6.45, 7) is 0.438. The van der Waals surface area contributed by atoms with Crippen LogP contribution in [0.1, 0.15) is 12.8 Å². The molecule has 0 spiro atoms. The molecule has 1 fully saturated rings. The minimum Gasteiger partial charge on any atom is -0.468 e. The summed E-state index contributed by atoms with van der Waals surface area (Å²) in [6, 6.07) is 0. The molecule has 1 atom stereocenters. The Labute approximate surface area is 105 Å². The summed E-state index contributed by atoms with van der Waals surface area (Å²) in [5.74, 6) is 0.0667. The molecule has 1 aromatic heterocycles. The lowest BCUT2D eigenvalue weighted by Crippen LogP contribution is -2.56. The Morgan fingerprint density at radius 1 is 1.76 bits per heavy atom. The SMILES string of the molecule is CNC(Cn1cc(Cl)cn1)(C(=O)OC)C1CC1. The molecule has 5 nitrogen and oxygen atoms in total. The monoisotopic (exact) mass is 257 g/mol. The van der Waals surface area contributed by atoms with E-state index >= 15 is 0 Å². The Balaban J connectivity index is 2.23. The number of carbonyl (C=O) groups is 1. The fourth-order valence-electron chi connectivity index (χ4n) is 2.18. The van der Waals surface area contributed by atoms with E-state index in [1.54, 1.807) is 24.1 Å². The summed E-state index contributed by atoms with van der Waals surface area (Å²) in [6.07, 6.45) is 5.33. The first-order chi connectivity index (χ1) is 8.12. The molecular formula is C11H16ClN3O2. The van der Waals surface area contributed by atoms with Gasteiger partial charge in [-0.1, -0.05) is 11.6 Å². The van der Waals surface area contributed by atoms with Crippen molar-refractivity contribution in [2.45, 2.75) is 24.9 Å². The van der Waals surface area contributed by atoms with Gasteiger partial charge in [-0.2, -0.15) is 5.10 Å². The topological polar surface area (TPSA) is 56.2 Å². The van der Waals surface area contributed by atoms with E-state index in [-0.39, 0.29) is 5.97 Å². The number of nitrogens with zero attached hydrogens (tertiary/aromatic N) is 2. The maximum atomic E-state index is 12.0. The highest BCUT2D eigenvalue weighted by atomic mass is 35.5. The lowest BCUT2D eigenvalue weighted by Gasteiger charge is -2.30. The van der Waals surface area contributed by atoms with Crippen LogP contribution in [0.5, 0.6) is 0 Å². The molecule has 1 aliphatic carbocycles. The minimum absolute atomic E-state index is 0.242. The van der Waals surface area contributed by atoms with Gasteiger partial charge in [-0.25, -0.2) is 4.79 Å². The van der Waals surface area contributed by atoms with Crippen LogP contribution in [0.3, 0.4) is 0 Å². The van der Waals surface area contributed by atoms with Crippen LogP contribution in [0.4, 0.5) is 0 Å². The number of nitrogens with one attached hydrogen (secondary N) is 1. The fraction of sp³-hybridized carbons (Fsp3) is 0.636. The van der Waals surface area contributed by atoms with Gasteiger partial charge in [-0.05, 0) is 25.8 Å². The average molecular weight is 258 g/mol. The molecule has 1 N–H and O–H groups in total. The third-order valence-corrected chi connectivity index (χ3v) is 3.48. The maximum absolute atomic E-state index is 12.0. The Morgan fingerprint density at radius 2 is 2.47 bits per heavy atom. The number of ether oxygens (including phenoxy) is 1. The molecule has 0 radical (unpaired) electrons. The Hall–Kier alpha value is -1.07. The first kappa shape index (κ1) is 12.4. The van der Waals surface area contributed by atoms with Crippen molar-refractivity contribution in [3.63, 3.8) is 0 Å². The van der Waals surface area contributed by atoms with Crippen molar-refractivity contribution < 1.29 is 9.53 Å². The van der Waals surface area contributed by atoms with Gasteiger partial charge in [-0.15, -0.1) is 0 Å². The quantitative estimate of drug-likeness (QED) is 0.802. The number of likely N-dealkylation sites (N-methyl/N-ethyl adjacent to an activating group) is 1. The normalized spacial score (nSPS) is 18.8. The van der Waals surface area contributed by atoms with Crippen LogP contribution in [-0.2, 0) is 16.1 Å². The number of hydrogen-bond donors (Lipinski definition) is 1. The molecule has 2 rings (SSSR count). The van der Waals surface area contributed by atoms with Crippen LogP contribution in [0.15, 0.2) is 12.4 Å². The van der Waals surface area contributed by atoms with Crippen molar-refractivity contribution in [1.29, 1.82) is 0 Å². The molecule has 0 bridgehead atoms. The van der Waals surface area contributed by atoms with Gasteiger partial charge >= 0.3 is 5.97 Å². The molecule has 0 saturated heterocycles. The first-order valence-electron chi connectivity index (χ1n) is 5.57. The highest BCUT2D eigenvalue weighted by Crippen LogP contribution is 2.41. The molecular weight excluding hydrogens is 242 g/mol. The second kappa shape index (κ2) is 4.66. The number of methoxy groups -OCH3 is 1. The Morgan fingerprint density at radius 3 is 2.88 bits per heavy atom. The van der Waals surface area contributed by atoms with E-state index in [0.717, 1.165) is 12.8 Å². The first-order valence-corrected chi connectivity index (χ1v) is 5.95. The summed E-state index contributed by atoms with van der Waals surface area (Å²) >= 11 is 5.82. The highest BCUT2D eigenvalue weighted by Gasteiger charge is 2.51. The van der Waals surface area contributed by atoms with Crippen LogP contribution in [0, 0.1) is 5.92 Å². The van der Waals surface area contributed by atoms with Gasteiger partial charge in [0.25, 0.3) is 0 Å². The van der Waals surface area contributed by atoms with Crippen molar-refractivity contribution in [1.82, 2.24) is 15.1 Å². The van der Waals surface area contributed by atoms with E-state index < -0.39 is 5.54 Å². The molecule has 0 aliphatic heterocycles. The predicted octanol–water partition coefficient (Wildman–Crippen LogP) is 1.08. The second-order valence-corrected chi connectivity index (χ2v) is 4.78. The lowest BCUT2D eigenvalue weighted by molar-refractivity contribution is -0.150. The van der Waals surface area contributed by atoms with Crippen LogP contribution >= 0.6 is 11.6 Å². The summed E-state index contributed by atoms with van der Waals surface area (Å²) < 4.78 is 6.59. The van der Waals surface area contributed by atoms with Gasteiger partial charge in [0, 0.05) is 6.20 Å².